The van der Waals surface area contributed by atoms with Crippen LogP contribution in [0.15, 0.2) is 48.7 Å². The molecule has 8 nitrogen and oxygen atoms in total. The third-order valence-electron chi connectivity index (χ3n) is 4.86. The Morgan fingerprint density at radius 2 is 2.00 bits per heavy atom. The first-order valence-electron chi connectivity index (χ1n) is 9.79. The third-order valence-corrected chi connectivity index (χ3v) is 5.15. The Labute approximate surface area is 184 Å². The number of hydrogen-bond acceptors (Lipinski definition) is 5. The lowest BCUT2D eigenvalue weighted by molar-refractivity contribution is -0.384. The molecule has 3 rings (SSSR count). The summed E-state index contributed by atoms with van der Waals surface area (Å²) in [5, 5.41) is 18.4. The molecule has 1 heterocycles. The highest BCUT2D eigenvalue weighted by Gasteiger charge is 2.16. The smallest absolute Gasteiger partial charge is 0.271 e. The second-order valence-electron chi connectivity index (χ2n) is 7.08. The lowest BCUT2D eigenvalue weighted by Crippen LogP contribution is -2.26. The summed E-state index contributed by atoms with van der Waals surface area (Å²) in [6.07, 6.45) is 1.95. The Morgan fingerprint density at radius 1 is 1.29 bits per heavy atom. The zero-order valence-electron chi connectivity index (χ0n) is 17.5. The van der Waals surface area contributed by atoms with Crippen LogP contribution in [-0.2, 0) is 13.2 Å². The summed E-state index contributed by atoms with van der Waals surface area (Å²) in [6, 6.07) is 10.9. The summed E-state index contributed by atoms with van der Waals surface area (Å²) in [5.74, 6) is 0.174. The quantitative estimate of drug-likeness (QED) is 0.397. The fourth-order valence-electron chi connectivity index (χ4n) is 3.11. The van der Waals surface area contributed by atoms with Crippen molar-refractivity contribution in [2.24, 2.45) is 0 Å². The van der Waals surface area contributed by atoms with Gasteiger partial charge in [-0.1, -0.05) is 23.7 Å². The highest BCUT2D eigenvalue weighted by atomic mass is 35.5. The molecule has 0 fully saturated rings. The highest BCUT2D eigenvalue weighted by molar-refractivity contribution is 6.32. The molecule has 1 N–H and O–H groups in total. The Kier molecular flexibility index (Phi) is 6.91. The molecule has 1 atom stereocenters. The van der Waals surface area contributed by atoms with Gasteiger partial charge in [0.25, 0.3) is 11.6 Å². The number of carbonyl (C=O) groups excluding carboxylic acids is 1. The van der Waals surface area contributed by atoms with Crippen molar-refractivity contribution in [1.82, 2.24) is 15.1 Å². The Bertz CT molecular complexity index is 1100. The van der Waals surface area contributed by atoms with E-state index in [4.69, 9.17) is 16.3 Å². The van der Waals surface area contributed by atoms with Gasteiger partial charge in [0.15, 0.2) is 0 Å². The first kappa shape index (κ1) is 22.3. The zero-order chi connectivity index (χ0) is 22.5. The molecule has 1 aromatic heterocycles. The van der Waals surface area contributed by atoms with Crippen molar-refractivity contribution in [2.45, 2.75) is 40.0 Å². The minimum Gasteiger partial charge on any atom is -0.487 e. The standard InChI is InChI=1S/C22H23ClN4O4/c1-4-26-12-19(15(3)25-26)14(2)24-22(28)17-7-5-16(6-8-17)13-31-21-10-9-18(27(29)30)11-20(21)23/h5-12,14H,4,13H2,1-3H3,(H,24,28). The number of nitrogens with zero attached hydrogens (tertiary/aromatic N) is 3. The normalized spacial score (nSPS) is 11.7. The van der Waals surface area contributed by atoms with Crippen LogP contribution in [0.5, 0.6) is 5.75 Å². The van der Waals surface area contributed by atoms with Gasteiger partial charge in [-0.05, 0) is 44.5 Å². The van der Waals surface area contributed by atoms with Crippen LogP contribution in [0.2, 0.25) is 5.02 Å². The Balaban J connectivity index is 1.60. The highest BCUT2D eigenvalue weighted by Crippen LogP contribution is 2.29. The molecule has 0 aliphatic rings. The molecule has 2 aromatic carbocycles. The summed E-state index contributed by atoms with van der Waals surface area (Å²) in [6.45, 7) is 6.86. The van der Waals surface area contributed by atoms with E-state index in [1.807, 2.05) is 31.6 Å². The Morgan fingerprint density at radius 3 is 2.58 bits per heavy atom. The van der Waals surface area contributed by atoms with Gasteiger partial charge >= 0.3 is 0 Å². The molecule has 9 heteroatoms. The molecule has 0 spiro atoms. The molecule has 0 saturated heterocycles. The van der Waals surface area contributed by atoms with E-state index >= 15 is 0 Å². The molecule has 0 saturated carbocycles. The van der Waals surface area contributed by atoms with Crippen LogP contribution in [0.3, 0.4) is 0 Å². The first-order valence-corrected chi connectivity index (χ1v) is 10.2. The first-order chi connectivity index (χ1) is 14.8. The van der Waals surface area contributed by atoms with Crippen molar-refractivity contribution in [3.8, 4) is 5.75 Å². The van der Waals surface area contributed by atoms with Crippen LogP contribution in [0.4, 0.5) is 5.69 Å². The fraction of sp³-hybridized carbons (Fsp3) is 0.273. The van der Waals surface area contributed by atoms with Crippen LogP contribution in [-0.4, -0.2) is 20.6 Å². The van der Waals surface area contributed by atoms with Crippen molar-refractivity contribution >= 4 is 23.2 Å². The lowest BCUT2D eigenvalue weighted by atomic mass is 10.1. The lowest BCUT2D eigenvalue weighted by Gasteiger charge is -2.14. The molecular formula is C22H23ClN4O4. The number of nitrogens with one attached hydrogen (secondary N) is 1. The van der Waals surface area contributed by atoms with E-state index in [9.17, 15) is 14.9 Å². The number of rotatable bonds is 8. The summed E-state index contributed by atoms with van der Waals surface area (Å²) in [7, 11) is 0. The zero-order valence-corrected chi connectivity index (χ0v) is 18.2. The van der Waals surface area contributed by atoms with Crippen molar-refractivity contribution in [3.05, 3.63) is 86.2 Å². The van der Waals surface area contributed by atoms with Gasteiger partial charge in [0.2, 0.25) is 0 Å². The molecule has 1 unspecified atom stereocenters. The van der Waals surface area contributed by atoms with Crippen LogP contribution in [0, 0.1) is 17.0 Å². The predicted octanol–water partition coefficient (Wildman–Crippen LogP) is 4.84. The summed E-state index contributed by atoms with van der Waals surface area (Å²) in [5.41, 5.74) is 3.15. The van der Waals surface area contributed by atoms with Crippen LogP contribution < -0.4 is 10.1 Å². The number of aryl methyl sites for hydroxylation is 2. The molecular weight excluding hydrogens is 420 g/mol. The maximum absolute atomic E-state index is 12.6. The average molecular weight is 443 g/mol. The average Bonchev–Trinajstić information content (AvgIpc) is 3.14. The maximum atomic E-state index is 12.6. The van der Waals surface area contributed by atoms with E-state index in [1.54, 1.807) is 24.3 Å². The van der Waals surface area contributed by atoms with Gasteiger partial charge in [-0.15, -0.1) is 0 Å². The van der Waals surface area contributed by atoms with Gasteiger partial charge in [-0.2, -0.15) is 5.10 Å². The van der Waals surface area contributed by atoms with Gasteiger partial charge in [0.1, 0.15) is 12.4 Å². The van der Waals surface area contributed by atoms with Gasteiger partial charge in [0, 0.05) is 36.0 Å². The number of nitro benzene ring substituents is 1. The van der Waals surface area contributed by atoms with E-state index in [0.717, 1.165) is 23.4 Å². The fourth-order valence-corrected chi connectivity index (χ4v) is 3.34. The van der Waals surface area contributed by atoms with E-state index in [1.165, 1.54) is 18.2 Å². The van der Waals surface area contributed by atoms with Crippen molar-refractivity contribution < 1.29 is 14.5 Å². The molecule has 0 radical (unpaired) electrons. The minimum absolute atomic E-state index is 0.0980. The van der Waals surface area contributed by atoms with Crippen molar-refractivity contribution in [3.63, 3.8) is 0 Å². The van der Waals surface area contributed by atoms with E-state index in [-0.39, 0.29) is 29.3 Å². The number of halogens is 1. The molecule has 1 amide bonds. The molecule has 31 heavy (non-hydrogen) atoms. The number of non-ortho nitro benzene ring substituents is 1. The monoisotopic (exact) mass is 442 g/mol. The third kappa shape index (κ3) is 5.40. The van der Waals surface area contributed by atoms with E-state index in [2.05, 4.69) is 10.4 Å². The van der Waals surface area contributed by atoms with Gasteiger partial charge in [-0.3, -0.25) is 19.6 Å². The SMILES string of the molecule is CCn1cc(C(C)NC(=O)c2ccc(COc3ccc([N+](=O)[O-])cc3Cl)cc2)c(C)n1. The topological polar surface area (TPSA) is 99.3 Å². The molecule has 3 aromatic rings. The van der Waals surface area contributed by atoms with Crippen molar-refractivity contribution in [1.29, 1.82) is 0 Å². The number of nitro groups is 1. The number of aromatic nitrogens is 2. The summed E-state index contributed by atoms with van der Waals surface area (Å²) < 4.78 is 7.49. The number of carbonyl (C=O) groups is 1. The second kappa shape index (κ2) is 9.61. The van der Waals surface area contributed by atoms with Crippen molar-refractivity contribution in [2.75, 3.05) is 0 Å². The number of benzene rings is 2. The van der Waals surface area contributed by atoms with Gasteiger partial charge < -0.3 is 10.1 Å². The molecule has 162 valence electrons. The van der Waals surface area contributed by atoms with E-state index < -0.39 is 4.92 Å². The second-order valence-corrected chi connectivity index (χ2v) is 7.49. The van der Waals surface area contributed by atoms with Gasteiger partial charge in [0.05, 0.1) is 21.7 Å². The van der Waals surface area contributed by atoms with Crippen LogP contribution >= 0.6 is 11.6 Å². The number of hydrogen-bond donors (Lipinski definition) is 1. The maximum Gasteiger partial charge on any atom is 0.271 e. The number of amides is 1. The van der Waals surface area contributed by atoms with Crippen LogP contribution in [0.1, 0.15) is 47.1 Å². The van der Waals surface area contributed by atoms with Gasteiger partial charge in [-0.25, -0.2) is 0 Å². The minimum atomic E-state index is -0.516. The largest absolute Gasteiger partial charge is 0.487 e. The van der Waals surface area contributed by atoms with Crippen LogP contribution in [0.25, 0.3) is 0 Å². The number of ether oxygens (including phenoxy) is 1. The Hall–Kier alpha value is -3.39. The molecule has 0 bridgehead atoms. The summed E-state index contributed by atoms with van der Waals surface area (Å²) >= 11 is 6.04. The molecule has 0 aliphatic heterocycles. The molecule has 0 aliphatic carbocycles. The van der Waals surface area contributed by atoms with E-state index in [0.29, 0.717) is 11.3 Å². The summed E-state index contributed by atoms with van der Waals surface area (Å²) in [4.78, 5) is 22.9. The predicted molar refractivity (Wildman–Crippen MR) is 117 cm³/mol.